The summed E-state index contributed by atoms with van der Waals surface area (Å²) in [6.07, 6.45) is 0.122. The fourth-order valence-electron chi connectivity index (χ4n) is 1.81. The van der Waals surface area contributed by atoms with Crippen LogP contribution in [0.3, 0.4) is 0 Å². The number of carbonyl (C=O) groups excluding carboxylic acids is 2. The fourth-order valence-corrected chi connectivity index (χ4v) is 1.81. The number of carbonyl (C=O) groups is 3. The van der Waals surface area contributed by atoms with Crippen LogP contribution < -0.4 is 0 Å². The molecule has 0 heterocycles. The van der Waals surface area contributed by atoms with Crippen LogP contribution in [0, 0.1) is 0 Å². The second kappa shape index (κ2) is 5.27. The molecular formula is C15H10O4. The number of hydrogen-bond donors (Lipinski definition) is 1. The van der Waals surface area contributed by atoms with Crippen LogP contribution in [0.15, 0.2) is 48.5 Å². The number of aromatic carboxylic acids is 1. The molecule has 0 aliphatic heterocycles. The molecule has 0 fully saturated rings. The summed E-state index contributed by atoms with van der Waals surface area (Å²) in [7, 11) is 0. The van der Waals surface area contributed by atoms with Crippen LogP contribution in [0.2, 0.25) is 0 Å². The van der Waals surface area contributed by atoms with E-state index in [9.17, 15) is 14.4 Å². The molecule has 0 aliphatic carbocycles. The summed E-state index contributed by atoms with van der Waals surface area (Å²) in [6, 6.07) is 13.6. The third-order valence-electron chi connectivity index (χ3n) is 2.73. The quantitative estimate of drug-likeness (QED) is 0.516. The van der Waals surface area contributed by atoms with Gasteiger partial charge >= 0.3 is 5.97 Å². The van der Waals surface area contributed by atoms with Gasteiger partial charge in [0.2, 0.25) is 5.78 Å². The number of carboxylic acid groups (broad SMARTS) is 1. The number of Topliss-reactive ketones (excluding diaryl/α,β-unsaturated/α-hetero) is 1. The van der Waals surface area contributed by atoms with Gasteiger partial charge in [0, 0.05) is 5.56 Å². The third-order valence-corrected chi connectivity index (χ3v) is 2.73. The zero-order chi connectivity index (χ0) is 13.8. The maximum absolute atomic E-state index is 11.5. The molecular weight excluding hydrogens is 244 g/mol. The van der Waals surface area contributed by atoms with Gasteiger partial charge in [0.05, 0.1) is 5.56 Å². The van der Waals surface area contributed by atoms with Crippen molar-refractivity contribution in [3.63, 3.8) is 0 Å². The predicted octanol–water partition coefficient (Wildman–Crippen LogP) is 2.43. The Balaban J connectivity index is 2.59. The smallest absolute Gasteiger partial charge is 0.336 e. The first kappa shape index (κ1) is 12.7. The number of carboxylic acids is 1. The van der Waals surface area contributed by atoms with Crippen molar-refractivity contribution in [1.82, 2.24) is 0 Å². The molecule has 19 heavy (non-hydrogen) atoms. The number of benzene rings is 2. The second-order valence-electron chi connectivity index (χ2n) is 3.91. The van der Waals surface area contributed by atoms with Crippen molar-refractivity contribution in [2.24, 2.45) is 0 Å². The average Bonchev–Trinajstić information content (AvgIpc) is 2.46. The van der Waals surface area contributed by atoms with Gasteiger partial charge in [-0.05, 0) is 23.3 Å². The Labute approximate surface area is 109 Å². The van der Waals surface area contributed by atoms with Crippen LogP contribution in [0.4, 0.5) is 0 Å². The summed E-state index contributed by atoms with van der Waals surface area (Å²) in [5, 5.41) is 9.00. The molecule has 94 valence electrons. The minimum Gasteiger partial charge on any atom is -0.478 e. The Morgan fingerprint density at radius 1 is 0.895 bits per heavy atom. The highest BCUT2D eigenvalue weighted by Crippen LogP contribution is 2.22. The number of rotatable bonds is 4. The van der Waals surface area contributed by atoms with Crippen LogP contribution in [-0.4, -0.2) is 23.1 Å². The van der Waals surface area contributed by atoms with Gasteiger partial charge in [0.25, 0.3) is 0 Å². The van der Waals surface area contributed by atoms with Crippen molar-refractivity contribution < 1.29 is 19.5 Å². The Bertz CT molecular complexity index is 644. The van der Waals surface area contributed by atoms with E-state index in [0.29, 0.717) is 5.56 Å². The first-order chi connectivity index (χ1) is 9.13. The van der Waals surface area contributed by atoms with E-state index in [0.717, 1.165) is 5.56 Å². The monoisotopic (exact) mass is 254 g/mol. The van der Waals surface area contributed by atoms with Gasteiger partial charge in [-0.2, -0.15) is 0 Å². The first-order valence-electron chi connectivity index (χ1n) is 5.55. The highest BCUT2D eigenvalue weighted by Gasteiger charge is 2.16. The van der Waals surface area contributed by atoms with E-state index >= 15 is 0 Å². The molecule has 0 radical (unpaired) electrons. The van der Waals surface area contributed by atoms with Gasteiger partial charge in [0.1, 0.15) is 0 Å². The molecule has 2 aromatic carbocycles. The summed E-state index contributed by atoms with van der Waals surface area (Å²) in [5.41, 5.74) is 1.27. The average molecular weight is 254 g/mol. The highest BCUT2D eigenvalue weighted by atomic mass is 16.4. The van der Waals surface area contributed by atoms with E-state index in [2.05, 4.69) is 0 Å². The molecule has 0 aliphatic rings. The lowest BCUT2D eigenvalue weighted by molar-refractivity contribution is -0.104. The molecule has 4 nitrogen and oxygen atoms in total. The highest BCUT2D eigenvalue weighted by molar-refractivity contribution is 6.35. The van der Waals surface area contributed by atoms with Gasteiger partial charge in [-0.25, -0.2) is 4.79 Å². The maximum Gasteiger partial charge on any atom is 0.336 e. The number of ketones is 1. The fraction of sp³-hybridized carbons (Fsp3) is 0. The first-order valence-corrected chi connectivity index (χ1v) is 5.55. The van der Waals surface area contributed by atoms with Crippen molar-refractivity contribution >= 4 is 18.0 Å². The molecule has 0 amide bonds. The van der Waals surface area contributed by atoms with E-state index < -0.39 is 11.8 Å². The van der Waals surface area contributed by atoms with Crippen molar-refractivity contribution in [2.45, 2.75) is 0 Å². The van der Waals surface area contributed by atoms with Gasteiger partial charge in [-0.3, -0.25) is 9.59 Å². The van der Waals surface area contributed by atoms with Crippen molar-refractivity contribution in [3.05, 3.63) is 59.7 Å². The SMILES string of the molecule is O=CC(=O)c1cc(-c2ccccc2)ccc1C(=O)O. The normalized spacial score (nSPS) is 9.89. The van der Waals surface area contributed by atoms with E-state index in [1.165, 1.54) is 12.1 Å². The predicted molar refractivity (Wildman–Crippen MR) is 69.2 cm³/mol. The van der Waals surface area contributed by atoms with Crippen LogP contribution in [0.25, 0.3) is 11.1 Å². The van der Waals surface area contributed by atoms with Gasteiger partial charge in [-0.1, -0.05) is 36.4 Å². The van der Waals surface area contributed by atoms with Gasteiger partial charge < -0.3 is 5.11 Å². The minimum atomic E-state index is -1.23. The third kappa shape index (κ3) is 2.57. The zero-order valence-corrected chi connectivity index (χ0v) is 9.87. The molecule has 0 saturated heterocycles. The Morgan fingerprint density at radius 3 is 2.16 bits per heavy atom. The molecule has 4 heteroatoms. The molecule has 0 bridgehead atoms. The van der Waals surface area contributed by atoms with E-state index in [1.54, 1.807) is 6.07 Å². The summed E-state index contributed by atoms with van der Waals surface area (Å²) >= 11 is 0. The van der Waals surface area contributed by atoms with Crippen molar-refractivity contribution in [1.29, 1.82) is 0 Å². The van der Waals surface area contributed by atoms with E-state index in [4.69, 9.17) is 5.11 Å². The van der Waals surface area contributed by atoms with E-state index in [-0.39, 0.29) is 17.4 Å². The summed E-state index contributed by atoms with van der Waals surface area (Å²) in [5.74, 6) is -2.07. The maximum atomic E-state index is 11.5. The van der Waals surface area contributed by atoms with Crippen LogP contribution in [-0.2, 0) is 4.79 Å². The summed E-state index contributed by atoms with van der Waals surface area (Å²) in [6.45, 7) is 0. The number of hydrogen-bond acceptors (Lipinski definition) is 3. The lowest BCUT2D eigenvalue weighted by Gasteiger charge is -2.06. The molecule has 0 atom stereocenters. The van der Waals surface area contributed by atoms with Crippen molar-refractivity contribution in [2.75, 3.05) is 0 Å². The topological polar surface area (TPSA) is 71.4 Å². The molecule has 2 rings (SSSR count). The lowest BCUT2D eigenvalue weighted by Crippen LogP contribution is -2.09. The molecule has 0 saturated carbocycles. The second-order valence-corrected chi connectivity index (χ2v) is 3.91. The van der Waals surface area contributed by atoms with Gasteiger partial charge in [-0.15, -0.1) is 0 Å². The van der Waals surface area contributed by atoms with Crippen LogP contribution in [0.1, 0.15) is 20.7 Å². The largest absolute Gasteiger partial charge is 0.478 e. The minimum absolute atomic E-state index is 0.0937. The van der Waals surface area contributed by atoms with Gasteiger partial charge in [0.15, 0.2) is 6.29 Å². The summed E-state index contributed by atoms with van der Waals surface area (Å²) in [4.78, 5) is 33.1. The van der Waals surface area contributed by atoms with E-state index in [1.807, 2.05) is 30.3 Å². The molecule has 0 unspecified atom stereocenters. The zero-order valence-electron chi connectivity index (χ0n) is 9.87. The molecule has 2 aromatic rings. The van der Waals surface area contributed by atoms with Crippen LogP contribution in [0.5, 0.6) is 0 Å². The molecule has 1 N–H and O–H groups in total. The standard InChI is InChI=1S/C15H10O4/c16-9-14(17)13-8-11(6-7-12(13)15(18)19)10-4-2-1-3-5-10/h1-9H,(H,18,19). The molecule has 0 aromatic heterocycles. The summed E-state index contributed by atoms with van der Waals surface area (Å²) < 4.78 is 0. The Hall–Kier alpha value is -2.75. The Kier molecular flexibility index (Phi) is 3.52. The Morgan fingerprint density at radius 2 is 1.58 bits per heavy atom. The lowest BCUT2D eigenvalue weighted by atomic mass is 9.97. The van der Waals surface area contributed by atoms with Crippen LogP contribution >= 0.6 is 0 Å². The number of aldehydes is 1. The molecule has 0 spiro atoms. The van der Waals surface area contributed by atoms with Crippen molar-refractivity contribution in [3.8, 4) is 11.1 Å².